The monoisotopic (exact) mass is 438 g/mol. The molecular formula is C24H30N4O4. The maximum atomic E-state index is 12.2. The fraction of sp³-hybridized carbons (Fsp3) is 0.333. The molecule has 0 unspecified atom stereocenters. The molecule has 0 atom stereocenters. The predicted molar refractivity (Wildman–Crippen MR) is 128 cm³/mol. The van der Waals surface area contributed by atoms with Crippen LogP contribution in [0.15, 0.2) is 41.4 Å². The zero-order chi connectivity index (χ0) is 23.3. The lowest BCUT2D eigenvalue weighted by Gasteiger charge is -2.17. The van der Waals surface area contributed by atoms with E-state index in [4.69, 9.17) is 14.5 Å². The summed E-state index contributed by atoms with van der Waals surface area (Å²) in [6.07, 6.45) is 0.609. The van der Waals surface area contributed by atoms with Crippen LogP contribution in [0.2, 0.25) is 0 Å². The lowest BCUT2D eigenvalue weighted by Crippen LogP contribution is -2.35. The second-order valence-corrected chi connectivity index (χ2v) is 7.26. The number of hydrogen-bond acceptors (Lipinski definition) is 6. The molecule has 0 saturated carbocycles. The van der Waals surface area contributed by atoms with Gasteiger partial charge in [-0.1, -0.05) is 13.8 Å². The summed E-state index contributed by atoms with van der Waals surface area (Å²) < 4.78 is 10.8. The first-order valence-electron chi connectivity index (χ1n) is 10.5. The molecule has 3 N–H and O–H groups in total. The van der Waals surface area contributed by atoms with Gasteiger partial charge in [0.05, 0.1) is 43.2 Å². The van der Waals surface area contributed by atoms with Crippen molar-refractivity contribution in [2.75, 3.05) is 39.3 Å². The van der Waals surface area contributed by atoms with Crippen LogP contribution in [0.3, 0.4) is 0 Å². The van der Waals surface area contributed by atoms with Gasteiger partial charge >= 0.3 is 0 Å². The molecule has 32 heavy (non-hydrogen) atoms. The van der Waals surface area contributed by atoms with Gasteiger partial charge in [-0.3, -0.25) is 9.79 Å². The number of hydrogen-bond donors (Lipinski definition) is 3. The molecule has 0 spiro atoms. The Kier molecular flexibility index (Phi) is 7.37. The number of carbonyl (C=O) groups excluding carboxylic acids is 1. The first-order chi connectivity index (χ1) is 15.4. The first-order valence-corrected chi connectivity index (χ1v) is 10.5. The molecule has 0 fully saturated rings. The number of likely N-dealkylation sites (N-methyl/N-ethyl adjacent to an activating group) is 2. The molecule has 3 aromatic rings. The molecule has 0 aliphatic rings. The third kappa shape index (κ3) is 4.70. The van der Waals surface area contributed by atoms with Gasteiger partial charge in [-0.15, -0.1) is 0 Å². The molecule has 0 bridgehead atoms. The molecule has 2 aromatic carbocycles. The number of amides is 1. The Balaban J connectivity index is 1.95. The highest BCUT2D eigenvalue weighted by molar-refractivity contribution is 6.14. The fourth-order valence-corrected chi connectivity index (χ4v) is 3.51. The van der Waals surface area contributed by atoms with Gasteiger partial charge in [0.15, 0.2) is 17.4 Å². The van der Waals surface area contributed by atoms with E-state index in [2.05, 4.69) is 10.3 Å². The number of carbonyl (C=O) groups is 1. The molecular weight excluding hydrogens is 408 g/mol. The van der Waals surface area contributed by atoms with Gasteiger partial charge < -0.3 is 29.8 Å². The molecule has 0 aliphatic carbocycles. The minimum Gasteiger partial charge on any atom is -0.494 e. The predicted octanol–water partition coefficient (Wildman–Crippen LogP) is 3.99. The SMILES string of the molecule is CCNCC(=O)N(C)c1ccc(N=C(CC)c2c(O)[nH]c3cc(OC)c(OC)cc23)cc1. The number of methoxy groups -OCH3 is 2. The molecule has 0 radical (unpaired) electrons. The fourth-order valence-electron chi connectivity index (χ4n) is 3.51. The van der Waals surface area contributed by atoms with E-state index < -0.39 is 0 Å². The third-order valence-corrected chi connectivity index (χ3v) is 5.31. The molecule has 3 rings (SSSR count). The summed E-state index contributed by atoms with van der Waals surface area (Å²) >= 11 is 0. The molecule has 0 saturated heterocycles. The van der Waals surface area contributed by atoms with Crippen LogP contribution in [0, 0.1) is 0 Å². The number of H-pyrrole nitrogens is 1. The van der Waals surface area contributed by atoms with E-state index in [0.717, 1.165) is 34.5 Å². The van der Waals surface area contributed by atoms with Crippen LogP contribution >= 0.6 is 0 Å². The van der Waals surface area contributed by atoms with E-state index >= 15 is 0 Å². The largest absolute Gasteiger partial charge is 0.494 e. The number of rotatable bonds is 9. The van der Waals surface area contributed by atoms with Crippen molar-refractivity contribution in [2.45, 2.75) is 20.3 Å². The Labute approximate surface area is 187 Å². The Morgan fingerprint density at radius 1 is 1.12 bits per heavy atom. The zero-order valence-electron chi connectivity index (χ0n) is 19.2. The van der Waals surface area contributed by atoms with Crippen LogP contribution in [0.4, 0.5) is 11.4 Å². The average Bonchev–Trinajstić information content (AvgIpc) is 3.14. The second-order valence-electron chi connectivity index (χ2n) is 7.26. The number of aromatic amines is 1. The Bertz CT molecular complexity index is 1120. The molecule has 1 aromatic heterocycles. The van der Waals surface area contributed by atoms with Gasteiger partial charge in [-0.25, -0.2) is 0 Å². The van der Waals surface area contributed by atoms with Crippen molar-refractivity contribution in [1.82, 2.24) is 10.3 Å². The molecule has 8 heteroatoms. The Morgan fingerprint density at radius 2 is 1.78 bits per heavy atom. The Hall–Kier alpha value is -3.52. The molecule has 0 aliphatic heterocycles. The van der Waals surface area contributed by atoms with Gasteiger partial charge in [0.2, 0.25) is 5.91 Å². The van der Waals surface area contributed by atoms with Crippen molar-refractivity contribution in [3.8, 4) is 17.4 Å². The van der Waals surface area contributed by atoms with Gasteiger partial charge in [0.25, 0.3) is 0 Å². The first kappa shape index (κ1) is 23.1. The summed E-state index contributed by atoms with van der Waals surface area (Å²) in [5, 5.41) is 14.5. The quantitative estimate of drug-likeness (QED) is 0.439. The van der Waals surface area contributed by atoms with Gasteiger partial charge in [0, 0.05) is 24.2 Å². The van der Waals surface area contributed by atoms with Crippen molar-refractivity contribution >= 4 is 33.9 Å². The van der Waals surface area contributed by atoms with Crippen LogP contribution < -0.4 is 19.7 Å². The number of nitrogens with zero attached hydrogens (tertiary/aromatic N) is 2. The highest BCUT2D eigenvalue weighted by atomic mass is 16.5. The van der Waals surface area contributed by atoms with Crippen LogP contribution in [0.5, 0.6) is 17.4 Å². The second kappa shape index (κ2) is 10.2. The minimum atomic E-state index is -0.00885. The Morgan fingerprint density at radius 3 is 2.38 bits per heavy atom. The number of aliphatic imine (C=N–C) groups is 1. The average molecular weight is 439 g/mol. The number of aromatic hydroxyl groups is 1. The zero-order valence-corrected chi connectivity index (χ0v) is 19.2. The summed E-state index contributed by atoms with van der Waals surface area (Å²) in [6.45, 7) is 4.98. The molecule has 1 heterocycles. The number of ether oxygens (including phenoxy) is 2. The number of anilines is 1. The van der Waals surface area contributed by atoms with Crippen LogP contribution in [0.1, 0.15) is 25.8 Å². The third-order valence-electron chi connectivity index (χ3n) is 5.31. The summed E-state index contributed by atoms with van der Waals surface area (Å²) in [5.41, 5.74) is 3.60. The normalized spacial score (nSPS) is 11.6. The summed E-state index contributed by atoms with van der Waals surface area (Å²) in [6, 6.07) is 11.1. The van der Waals surface area contributed by atoms with Crippen LogP contribution in [-0.4, -0.2) is 56.1 Å². The summed E-state index contributed by atoms with van der Waals surface area (Å²) in [4.78, 5) is 21.6. The van der Waals surface area contributed by atoms with E-state index in [1.54, 1.807) is 32.2 Å². The number of fused-ring (bicyclic) bond motifs is 1. The van der Waals surface area contributed by atoms with Crippen molar-refractivity contribution < 1.29 is 19.4 Å². The van der Waals surface area contributed by atoms with Gasteiger partial charge in [-0.2, -0.15) is 0 Å². The summed E-state index contributed by atoms with van der Waals surface area (Å²) in [5.74, 6) is 1.18. The van der Waals surface area contributed by atoms with E-state index in [0.29, 0.717) is 30.0 Å². The van der Waals surface area contributed by atoms with E-state index in [1.165, 1.54) is 0 Å². The topological polar surface area (TPSA) is 99.2 Å². The lowest BCUT2D eigenvalue weighted by atomic mass is 10.1. The summed E-state index contributed by atoms with van der Waals surface area (Å²) in [7, 11) is 4.90. The highest BCUT2D eigenvalue weighted by Crippen LogP contribution is 2.37. The minimum absolute atomic E-state index is 0.00885. The van der Waals surface area contributed by atoms with E-state index in [-0.39, 0.29) is 11.8 Å². The molecule has 8 nitrogen and oxygen atoms in total. The van der Waals surface area contributed by atoms with Crippen molar-refractivity contribution in [3.63, 3.8) is 0 Å². The lowest BCUT2D eigenvalue weighted by molar-refractivity contribution is -0.117. The van der Waals surface area contributed by atoms with Crippen LogP contribution in [0.25, 0.3) is 10.9 Å². The number of benzene rings is 2. The van der Waals surface area contributed by atoms with E-state index in [9.17, 15) is 9.90 Å². The van der Waals surface area contributed by atoms with E-state index in [1.807, 2.05) is 44.2 Å². The standard InChI is InChI=1S/C24H30N4O4/c1-6-18(23-17-12-20(31-4)21(32-5)13-19(17)27-24(23)30)26-15-8-10-16(11-9-15)28(3)22(29)14-25-7-2/h8-13,25,27,30H,6-7,14H2,1-5H3. The van der Waals surface area contributed by atoms with Crippen molar-refractivity contribution in [3.05, 3.63) is 42.0 Å². The smallest absolute Gasteiger partial charge is 0.240 e. The van der Waals surface area contributed by atoms with Gasteiger partial charge in [-0.05, 0) is 43.3 Å². The molecule has 1 amide bonds. The van der Waals surface area contributed by atoms with Gasteiger partial charge in [0.1, 0.15) is 0 Å². The van der Waals surface area contributed by atoms with Crippen LogP contribution in [-0.2, 0) is 4.79 Å². The number of aromatic nitrogens is 1. The maximum Gasteiger partial charge on any atom is 0.240 e. The highest BCUT2D eigenvalue weighted by Gasteiger charge is 2.19. The maximum absolute atomic E-state index is 12.2. The number of nitrogens with one attached hydrogen (secondary N) is 2. The molecule has 170 valence electrons. The van der Waals surface area contributed by atoms with Crippen molar-refractivity contribution in [2.24, 2.45) is 4.99 Å². The van der Waals surface area contributed by atoms with Crippen molar-refractivity contribution in [1.29, 1.82) is 0 Å².